The van der Waals surface area contributed by atoms with Crippen molar-refractivity contribution in [1.82, 2.24) is 14.8 Å². The van der Waals surface area contributed by atoms with Gasteiger partial charge in [0.05, 0.1) is 11.2 Å². The third kappa shape index (κ3) is 5.57. The number of thiazole rings is 1. The van der Waals surface area contributed by atoms with Crippen LogP contribution >= 0.6 is 22.9 Å². The van der Waals surface area contributed by atoms with Crippen molar-refractivity contribution >= 4 is 49.6 Å². The summed E-state index contributed by atoms with van der Waals surface area (Å²) in [6.07, 6.45) is 2.06. The maximum absolute atomic E-state index is 14.8. The summed E-state index contributed by atoms with van der Waals surface area (Å²) < 4.78 is 44.0. The van der Waals surface area contributed by atoms with E-state index < -0.39 is 20.7 Å². The lowest BCUT2D eigenvalue weighted by Crippen LogP contribution is -2.24. The Morgan fingerprint density at radius 2 is 1.85 bits per heavy atom. The Balaban J connectivity index is 1.59. The fourth-order valence-electron chi connectivity index (χ4n) is 3.32. The van der Waals surface area contributed by atoms with E-state index in [1.165, 1.54) is 18.3 Å². The summed E-state index contributed by atoms with van der Waals surface area (Å²) in [7, 11) is -4.10. The minimum atomic E-state index is -4.10. The largest absolute Gasteiger partial charge is 0.340 e. The van der Waals surface area contributed by atoms with Crippen molar-refractivity contribution in [3.63, 3.8) is 0 Å². The molecule has 11 heteroatoms. The molecule has 2 aromatic carbocycles. The Labute approximate surface area is 206 Å². The molecule has 4 aromatic rings. The number of halogens is 2. The number of benzene rings is 2. The molecular weight excluding hydrogens is 497 g/mol. The predicted molar refractivity (Wildman–Crippen MR) is 134 cm³/mol. The summed E-state index contributed by atoms with van der Waals surface area (Å²) in [4.78, 5) is 3.42. The highest BCUT2D eigenvalue weighted by atomic mass is 35.5. The van der Waals surface area contributed by atoms with Crippen molar-refractivity contribution in [2.45, 2.75) is 37.6 Å². The molecule has 7 nitrogen and oxygen atoms in total. The van der Waals surface area contributed by atoms with E-state index in [0.717, 1.165) is 28.7 Å². The molecule has 0 amide bonds. The van der Waals surface area contributed by atoms with Crippen LogP contribution < -0.4 is 10.0 Å². The SMILES string of the molecule is CC(C)(C)n1nc(Cc2ccc(Cl)cc2)cc1Nc1ccc(S(=O)(=O)Nc2nccs2)c(F)c1. The third-order valence-corrected chi connectivity index (χ3v) is 7.28. The molecule has 0 unspecified atom stereocenters. The first kappa shape index (κ1) is 24.2. The normalized spacial score (nSPS) is 12.0. The Hall–Kier alpha value is -2.95. The molecule has 34 heavy (non-hydrogen) atoms. The minimum Gasteiger partial charge on any atom is -0.340 e. The van der Waals surface area contributed by atoms with Crippen molar-refractivity contribution in [2.75, 3.05) is 10.0 Å². The smallest absolute Gasteiger partial charge is 0.266 e. The van der Waals surface area contributed by atoms with Crippen LogP contribution in [0.15, 0.2) is 65.0 Å². The molecular formula is C23H23ClFN5O2S2. The summed E-state index contributed by atoms with van der Waals surface area (Å²) in [6, 6.07) is 13.3. The van der Waals surface area contributed by atoms with Gasteiger partial charge < -0.3 is 5.32 Å². The summed E-state index contributed by atoms with van der Waals surface area (Å²) in [5.41, 5.74) is 1.93. The Bertz CT molecular complexity index is 1400. The average Bonchev–Trinajstić information content (AvgIpc) is 3.39. The first-order valence-electron chi connectivity index (χ1n) is 10.3. The molecule has 0 saturated heterocycles. The number of anilines is 3. The second-order valence-electron chi connectivity index (χ2n) is 8.62. The molecule has 0 aliphatic heterocycles. The van der Waals surface area contributed by atoms with E-state index in [0.29, 0.717) is 22.9 Å². The second-order valence-corrected chi connectivity index (χ2v) is 11.6. The van der Waals surface area contributed by atoms with Gasteiger partial charge in [-0.1, -0.05) is 23.7 Å². The molecule has 4 rings (SSSR count). The van der Waals surface area contributed by atoms with E-state index >= 15 is 0 Å². The highest BCUT2D eigenvalue weighted by molar-refractivity contribution is 7.93. The van der Waals surface area contributed by atoms with Crippen molar-refractivity contribution in [2.24, 2.45) is 0 Å². The topological polar surface area (TPSA) is 88.9 Å². The van der Waals surface area contributed by atoms with Crippen LogP contribution in [0.4, 0.5) is 21.0 Å². The Morgan fingerprint density at radius 3 is 2.47 bits per heavy atom. The van der Waals surface area contributed by atoms with E-state index in [9.17, 15) is 12.8 Å². The molecule has 0 saturated carbocycles. The average molecular weight is 520 g/mol. The predicted octanol–water partition coefficient (Wildman–Crippen LogP) is 6.02. The number of rotatable bonds is 7. The van der Waals surface area contributed by atoms with Crippen LogP contribution in [0.3, 0.4) is 0 Å². The quantitative estimate of drug-likeness (QED) is 0.311. The zero-order chi connectivity index (χ0) is 24.5. The van der Waals surface area contributed by atoms with Gasteiger partial charge in [0.25, 0.3) is 10.0 Å². The minimum absolute atomic E-state index is 0.170. The van der Waals surface area contributed by atoms with Crippen LogP contribution in [0.25, 0.3) is 0 Å². The van der Waals surface area contributed by atoms with Crippen LogP contribution in [0, 0.1) is 5.82 Å². The van der Waals surface area contributed by atoms with Crippen molar-refractivity contribution in [1.29, 1.82) is 0 Å². The molecule has 2 aromatic heterocycles. The zero-order valence-corrected chi connectivity index (χ0v) is 21.1. The van der Waals surface area contributed by atoms with Crippen LogP contribution in [-0.2, 0) is 22.0 Å². The van der Waals surface area contributed by atoms with Gasteiger partial charge >= 0.3 is 0 Å². The lowest BCUT2D eigenvalue weighted by Gasteiger charge is -2.23. The number of hydrogen-bond acceptors (Lipinski definition) is 6. The molecule has 178 valence electrons. The molecule has 2 N–H and O–H groups in total. The number of sulfonamides is 1. The van der Waals surface area contributed by atoms with Gasteiger partial charge in [-0.25, -0.2) is 22.5 Å². The monoisotopic (exact) mass is 519 g/mol. The molecule has 0 aliphatic rings. The third-order valence-electron chi connectivity index (χ3n) is 4.84. The Morgan fingerprint density at radius 1 is 1.12 bits per heavy atom. The molecule has 0 aliphatic carbocycles. The highest BCUT2D eigenvalue weighted by Crippen LogP contribution is 2.28. The van der Waals surface area contributed by atoms with E-state index in [1.54, 1.807) is 5.38 Å². The summed E-state index contributed by atoms with van der Waals surface area (Å²) in [5.74, 6) is -0.218. The summed E-state index contributed by atoms with van der Waals surface area (Å²) >= 11 is 7.09. The van der Waals surface area contributed by atoms with E-state index in [1.807, 2.05) is 55.8 Å². The molecule has 0 atom stereocenters. The van der Waals surface area contributed by atoms with Crippen LogP contribution in [-0.4, -0.2) is 23.2 Å². The molecule has 0 radical (unpaired) electrons. The number of nitrogens with zero attached hydrogens (tertiary/aromatic N) is 3. The van der Waals surface area contributed by atoms with E-state index in [2.05, 4.69) is 15.0 Å². The lowest BCUT2D eigenvalue weighted by atomic mass is 10.1. The number of aromatic nitrogens is 3. The molecule has 0 spiro atoms. The molecule has 0 bridgehead atoms. The van der Waals surface area contributed by atoms with E-state index in [4.69, 9.17) is 16.7 Å². The van der Waals surface area contributed by atoms with E-state index in [-0.39, 0.29) is 10.7 Å². The standard InChI is InChI=1S/C23H23ClFN5O2S2/c1-23(2,3)30-21(14-18(28-30)12-15-4-6-16(24)7-5-15)27-17-8-9-20(19(25)13-17)34(31,32)29-22-26-10-11-33-22/h4-11,13-14,27H,12H2,1-3H3,(H,26,29). The van der Waals surface area contributed by atoms with Gasteiger partial charge in [0.2, 0.25) is 0 Å². The molecule has 2 heterocycles. The van der Waals surface area contributed by atoms with Gasteiger partial charge in [0.1, 0.15) is 16.5 Å². The Kier molecular flexibility index (Phi) is 6.66. The van der Waals surface area contributed by atoms with Gasteiger partial charge in [0, 0.05) is 34.8 Å². The second kappa shape index (κ2) is 9.36. The maximum atomic E-state index is 14.8. The molecule has 0 fully saturated rings. The van der Waals surface area contributed by atoms with Gasteiger partial charge in [-0.2, -0.15) is 5.10 Å². The van der Waals surface area contributed by atoms with Gasteiger partial charge in [0.15, 0.2) is 5.13 Å². The maximum Gasteiger partial charge on any atom is 0.266 e. The first-order chi connectivity index (χ1) is 16.0. The van der Waals surface area contributed by atoms with Crippen LogP contribution in [0.2, 0.25) is 5.02 Å². The fourth-order valence-corrected chi connectivity index (χ4v) is 5.29. The van der Waals surface area contributed by atoms with Crippen molar-refractivity contribution in [3.05, 3.63) is 82.2 Å². The fraction of sp³-hybridized carbons (Fsp3) is 0.217. The summed E-state index contributed by atoms with van der Waals surface area (Å²) in [6.45, 7) is 6.04. The highest BCUT2D eigenvalue weighted by Gasteiger charge is 2.23. The van der Waals surface area contributed by atoms with Crippen molar-refractivity contribution in [3.8, 4) is 0 Å². The van der Waals surface area contributed by atoms with Gasteiger partial charge in [-0.3, -0.25) is 4.72 Å². The van der Waals surface area contributed by atoms with Crippen LogP contribution in [0.1, 0.15) is 32.0 Å². The number of nitrogens with one attached hydrogen (secondary N) is 2. The lowest BCUT2D eigenvalue weighted by molar-refractivity contribution is 0.359. The van der Waals surface area contributed by atoms with Crippen LogP contribution in [0.5, 0.6) is 0 Å². The number of hydrogen-bond donors (Lipinski definition) is 2. The zero-order valence-electron chi connectivity index (χ0n) is 18.7. The first-order valence-corrected chi connectivity index (χ1v) is 13.1. The van der Waals surface area contributed by atoms with Crippen molar-refractivity contribution < 1.29 is 12.8 Å². The van der Waals surface area contributed by atoms with Gasteiger partial charge in [-0.15, -0.1) is 11.3 Å². The van der Waals surface area contributed by atoms with Gasteiger partial charge in [-0.05, 0) is 56.7 Å². The summed E-state index contributed by atoms with van der Waals surface area (Å²) in [5, 5.41) is 10.4.